The second-order valence-corrected chi connectivity index (χ2v) is 4.15. The highest BCUT2D eigenvalue weighted by Gasteiger charge is 1.97. The minimum Gasteiger partial charge on any atom is -0.494 e. The Morgan fingerprint density at radius 3 is 2.82 bits per heavy atom. The predicted octanol–water partition coefficient (Wildman–Crippen LogP) is 2.13. The summed E-state index contributed by atoms with van der Waals surface area (Å²) < 4.78 is 5.47. The van der Waals surface area contributed by atoms with E-state index < -0.39 is 0 Å². The van der Waals surface area contributed by atoms with Crippen LogP contribution in [0.1, 0.15) is 19.4 Å². The molecule has 1 aromatic carbocycles. The van der Waals surface area contributed by atoms with Crippen molar-refractivity contribution in [2.75, 3.05) is 33.3 Å². The molecule has 0 bridgehead atoms. The summed E-state index contributed by atoms with van der Waals surface area (Å²) in [6, 6.07) is 8.26. The van der Waals surface area contributed by atoms with Crippen LogP contribution in [0, 0.1) is 0 Å². The zero-order chi connectivity index (χ0) is 12.5. The highest BCUT2D eigenvalue weighted by Crippen LogP contribution is 2.12. The number of hydrogen-bond donors (Lipinski definition) is 1. The van der Waals surface area contributed by atoms with Crippen molar-refractivity contribution in [1.29, 1.82) is 0 Å². The molecule has 0 saturated carbocycles. The van der Waals surface area contributed by atoms with Crippen molar-refractivity contribution < 1.29 is 4.74 Å². The van der Waals surface area contributed by atoms with Gasteiger partial charge in [0, 0.05) is 19.6 Å². The number of hydrogen-bond acceptors (Lipinski definition) is 3. The van der Waals surface area contributed by atoms with Crippen LogP contribution in [0.3, 0.4) is 0 Å². The molecular weight excluding hydrogens is 212 g/mol. The van der Waals surface area contributed by atoms with Crippen LogP contribution in [0.25, 0.3) is 0 Å². The van der Waals surface area contributed by atoms with E-state index in [1.807, 2.05) is 19.1 Å². The molecule has 1 N–H and O–H groups in total. The Balaban J connectivity index is 2.28. The first kappa shape index (κ1) is 14.0. The summed E-state index contributed by atoms with van der Waals surface area (Å²) in [5, 5.41) is 3.44. The Morgan fingerprint density at radius 2 is 2.12 bits per heavy atom. The predicted molar refractivity (Wildman–Crippen MR) is 72.5 cm³/mol. The van der Waals surface area contributed by atoms with Gasteiger partial charge < -0.3 is 15.0 Å². The van der Waals surface area contributed by atoms with Crippen LogP contribution >= 0.6 is 0 Å². The van der Waals surface area contributed by atoms with E-state index in [0.717, 1.165) is 38.5 Å². The van der Waals surface area contributed by atoms with Crippen LogP contribution < -0.4 is 10.1 Å². The van der Waals surface area contributed by atoms with Crippen LogP contribution in [-0.4, -0.2) is 38.2 Å². The van der Waals surface area contributed by atoms with Gasteiger partial charge in [0.2, 0.25) is 0 Å². The van der Waals surface area contributed by atoms with E-state index in [2.05, 4.69) is 36.3 Å². The lowest BCUT2D eigenvalue weighted by molar-refractivity contribution is 0.339. The molecule has 3 nitrogen and oxygen atoms in total. The zero-order valence-corrected chi connectivity index (χ0v) is 11.2. The summed E-state index contributed by atoms with van der Waals surface area (Å²) in [4.78, 5) is 2.30. The molecule has 1 rings (SSSR count). The maximum absolute atomic E-state index is 5.47. The molecule has 0 unspecified atom stereocenters. The van der Waals surface area contributed by atoms with E-state index in [9.17, 15) is 0 Å². The summed E-state index contributed by atoms with van der Waals surface area (Å²) >= 11 is 0. The Labute approximate surface area is 105 Å². The smallest absolute Gasteiger partial charge is 0.119 e. The number of rotatable bonds is 8. The molecule has 0 aliphatic carbocycles. The first-order valence-corrected chi connectivity index (χ1v) is 6.37. The van der Waals surface area contributed by atoms with Crippen LogP contribution in [0.5, 0.6) is 5.75 Å². The van der Waals surface area contributed by atoms with Crippen LogP contribution in [0.2, 0.25) is 0 Å². The standard InChI is InChI=1S/C14H24N2O/c1-4-16(3)10-9-15-12-13-7-6-8-14(11-13)17-5-2/h6-8,11,15H,4-5,9-10,12H2,1-3H3. The van der Waals surface area contributed by atoms with Gasteiger partial charge in [-0.3, -0.25) is 0 Å². The van der Waals surface area contributed by atoms with Gasteiger partial charge in [-0.2, -0.15) is 0 Å². The van der Waals surface area contributed by atoms with Gasteiger partial charge in [-0.05, 0) is 38.2 Å². The van der Waals surface area contributed by atoms with Crippen molar-refractivity contribution in [2.45, 2.75) is 20.4 Å². The van der Waals surface area contributed by atoms with Crippen molar-refractivity contribution in [2.24, 2.45) is 0 Å². The molecule has 0 atom stereocenters. The van der Waals surface area contributed by atoms with Crippen LogP contribution in [0.15, 0.2) is 24.3 Å². The number of nitrogens with one attached hydrogen (secondary N) is 1. The molecule has 0 amide bonds. The molecule has 0 aliphatic rings. The average Bonchev–Trinajstić information content (AvgIpc) is 2.35. The van der Waals surface area contributed by atoms with Gasteiger partial charge in [-0.1, -0.05) is 19.1 Å². The van der Waals surface area contributed by atoms with Gasteiger partial charge in [-0.25, -0.2) is 0 Å². The molecule has 0 radical (unpaired) electrons. The van der Waals surface area contributed by atoms with E-state index in [-0.39, 0.29) is 0 Å². The normalized spacial score (nSPS) is 10.8. The monoisotopic (exact) mass is 236 g/mol. The Bertz CT molecular complexity index is 315. The molecule has 0 fully saturated rings. The quantitative estimate of drug-likeness (QED) is 0.700. The molecule has 0 heterocycles. The fraction of sp³-hybridized carbons (Fsp3) is 0.571. The highest BCUT2D eigenvalue weighted by atomic mass is 16.5. The molecule has 0 aliphatic heterocycles. The lowest BCUT2D eigenvalue weighted by atomic mass is 10.2. The second-order valence-electron chi connectivity index (χ2n) is 4.15. The number of ether oxygens (including phenoxy) is 1. The molecule has 0 saturated heterocycles. The van der Waals surface area contributed by atoms with E-state index in [1.54, 1.807) is 0 Å². The maximum atomic E-state index is 5.47. The first-order chi connectivity index (χ1) is 8.26. The summed E-state index contributed by atoms with van der Waals surface area (Å²) in [5.74, 6) is 0.956. The van der Waals surface area contributed by atoms with Gasteiger partial charge in [0.15, 0.2) is 0 Å². The van der Waals surface area contributed by atoms with Gasteiger partial charge in [-0.15, -0.1) is 0 Å². The molecule has 3 heteroatoms. The minimum absolute atomic E-state index is 0.720. The highest BCUT2D eigenvalue weighted by molar-refractivity contribution is 5.28. The van der Waals surface area contributed by atoms with Crippen molar-refractivity contribution in [3.05, 3.63) is 29.8 Å². The summed E-state index contributed by atoms with van der Waals surface area (Å²) in [7, 11) is 2.14. The Morgan fingerprint density at radius 1 is 1.29 bits per heavy atom. The fourth-order valence-corrected chi connectivity index (χ4v) is 1.57. The van der Waals surface area contributed by atoms with Gasteiger partial charge in [0.25, 0.3) is 0 Å². The second kappa shape index (κ2) is 8.09. The lowest BCUT2D eigenvalue weighted by Crippen LogP contribution is -2.28. The van der Waals surface area contributed by atoms with Crippen molar-refractivity contribution in [3.8, 4) is 5.75 Å². The molecule has 0 aromatic heterocycles. The third-order valence-electron chi connectivity index (χ3n) is 2.75. The topological polar surface area (TPSA) is 24.5 Å². The molecule has 0 spiro atoms. The summed E-state index contributed by atoms with van der Waals surface area (Å²) in [5.41, 5.74) is 1.27. The molecular formula is C14H24N2O. The van der Waals surface area contributed by atoms with Gasteiger partial charge in [0.1, 0.15) is 5.75 Å². The number of benzene rings is 1. The van der Waals surface area contributed by atoms with Gasteiger partial charge >= 0.3 is 0 Å². The Hall–Kier alpha value is -1.06. The van der Waals surface area contributed by atoms with E-state index in [1.165, 1.54) is 5.56 Å². The third-order valence-corrected chi connectivity index (χ3v) is 2.75. The van der Waals surface area contributed by atoms with Crippen molar-refractivity contribution >= 4 is 0 Å². The lowest BCUT2D eigenvalue weighted by Gasteiger charge is -2.14. The fourth-order valence-electron chi connectivity index (χ4n) is 1.57. The summed E-state index contributed by atoms with van der Waals surface area (Å²) in [6.07, 6.45) is 0. The largest absolute Gasteiger partial charge is 0.494 e. The molecule has 96 valence electrons. The molecule has 1 aromatic rings. The zero-order valence-electron chi connectivity index (χ0n) is 11.2. The van der Waals surface area contributed by atoms with E-state index >= 15 is 0 Å². The van der Waals surface area contributed by atoms with Gasteiger partial charge in [0.05, 0.1) is 6.61 Å². The number of likely N-dealkylation sites (N-methyl/N-ethyl adjacent to an activating group) is 1. The average molecular weight is 236 g/mol. The van der Waals surface area contributed by atoms with Crippen molar-refractivity contribution in [1.82, 2.24) is 10.2 Å². The van der Waals surface area contributed by atoms with Crippen LogP contribution in [0.4, 0.5) is 0 Å². The molecule has 17 heavy (non-hydrogen) atoms. The number of nitrogens with zero attached hydrogens (tertiary/aromatic N) is 1. The summed E-state index contributed by atoms with van der Waals surface area (Å²) in [6.45, 7) is 9.00. The minimum atomic E-state index is 0.720. The maximum Gasteiger partial charge on any atom is 0.119 e. The Kier molecular flexibility index (Phi) is 6.67. The first-order valence-electron chi connectivity index (χ1n) is 6.37. The van der Waals surface area contributed by atoms with Crippen molar-refractivity contribution in [3.63, 3.8) is 0 Å². The van der Waals surface area contributed by atoms with E-state index in [4.69, 9.17) is 4.74 Å². The third kappa shape index (κ3) is 5.71. The van der Waals surface area contributed by atoms with E-state index in [0.29, 0.717) is 0 Å². The SMILES string of the molecule is CCOc1cccc(CNCCN(C)CC)c1. The van der Waals surface area contributed by atoms with Crippen LogP contribution in [-0.2, 0) is 6.54 Å².